The fourth-order valence-electron chi connectivity index (χ4n) is 11.2. The molecule has 14 N–H and O–H groups in total. The molecule has 0 aromatic carbocycles. The van der Waals surface area contributed by atoms with Gasteiger partial charge in [-0.2, -0.15) is 0 Å². The Kier molecular flexibility index (Phi) is 60.1. The smallest absolute Gasteiger partial charge is 0.246 e. The van der Waals surface area contributed by atoms with Crippen molar-refractivity contribution in [2.75, 3.05) is 39.3 Å². The number of nitrogens with one attached hydrogen (secondary N) is 4. The Hall–Kier alpha value is -4.90. The number of amides is 6. The topological polar surface area (TPSA) is 309 Å². The van der Waals surface area contributed by atoms with E-state index >= 15 is 0 Å². The van der Waals surface area contributed by atoms with Gasteiger partial charge >= 0.3 is 0 Å². The van der Waals surface area contributed by atoms with Crippen molar-refractivity contribution in [3.8, 4) is 0 Å². The molecule has 0 aliphatic heterocycles. The molecule has 18 heteroatoms. The zero-order chi connectivity index (χ0) is 64.6. The first-order valence-corrected chi connectivity index (χ1v) is 36.3. The molecule has 0 aromatic rings. The highest BCUT2D eigenvalue weighted by Crippen LogP contribution is 2.18. The molecule has 18 nitrogen and oxygen atoms in total. The van der Waals surface area contributed by atoms with Crippen LogP contribution >= 0.6 is 0 Å². The van der Waals surface area contributed by atoms with Crippen LogP contribution in [0.15, 0.2) is 22.1 Å². The van der Waals surface area contributed by atoms with Crippen LogP contribution in [0, 0.1) is 0 Å². The fourth-order valence-corrected chi connectivity index (χ4v) is 11.2. The Morgan fingerprint density at radius 2 is 0.659 bits per heavy atom. The largest absolute Gasteiger partial charge is 0.370 e. The number of unbranched alkanes of at least 4 members (excludes halogenated alkanes) is 40. The maximum absolute atomic E-state index is 13.7. The van der Waals surface area contributed by atoms with Crippen molar-refractivity contribution in [3.05, 3.63) is 12.2 Å². The van der Waals surface area contributed by atoms with Crippen LogP contribution in [0.1, 0.15) is 335 Å². The van der Waals surface area contributed by atoms with E-state index in [-0.39, 0.29) is 49.7 Å². The third-order valence-electron chi connectivity index (χ3n) is 16.7. The first kappa shape index (κ1) is 83.1. The van der Waals surface area contributed by atoms with Gasteiger partial charge in [-0.25, -0.2) is 0 Å². The molecule has 0 fully saturated rings. The molecule has 0 spiro atoms. The maximum atomic E-state index is 13.7. The van der Waals surface area contributed by atoms with Crippen LogP contribution in [-0.4, -0.2) is 104 Å². The summed E-state index contributed by atoms with van der Waals surface area (Å²) in [6.45, 7) is 6.36. The van der Waals surface area contributed by atoms with Crippen LogP contribution in [0.3, 0.4) is 0 Å². The second-order valence-corrected chi connectivity index (χ2v) is 25.1. The summed E-state index contributed by atoms with van der Waals surface area (Å²) in [5.74, 6) is -2.80. The minimum absolute atomic E-state index is 0.00431. The van der Waals surface area contributed by atoms with Gasteiger partial charge < -0.3 is 54.8 Å². The van der Waals surface area contributed by atoms with Crippen molar-refractivity contribution >= 4 is 47.4 Å². The molecule has 0 saturated heterocycles. The van der Waals surface area contributed by atoms with Gasteiger partial charge in [0.15, 0.2) is 11.9 Å². The van der Waals surface area contributed by atoms with Gasteiger partial charge in [0.25, 0.3) is 0 Å². The predicted molar refractivity (Wildman–Crippen MR) is 368 cm³/mol. The number of nitrogens with two attached hydrogens (primary N) is 5. The number of carbonyl (C=O) groups excluding carboxylic acids is 6. The highest BCUT2D eigenvalue weighted by molar-refractivity contribution is 5.99. The summed E-state index contributed by atoms with van der Waals surface area (Å²) in [5, 5.41) is 11.3. The lowest BCUT2D eigenvalue weighted by atomic mass is 10.0. The number of hydrogen-bond donors (Lipinski definition) is 9. The fraction of sp³-hybridized carbons (Fsp3) is 0.857. The lowest BCUT2D eigenvalue weighted by Crippen LogP contribution is -2.52. The van der Waals surface area contributed by atoms with E-state index in [9.17, 15) is 28.8 Å². The number of nitrogens with zero attached hydrogens (tertiary/aromatic N) is 3. The Morgan fingerprint density at radius 3 is 0.955 bits per heavy atom. The standard InChI is InChI=1S/C70H136N12O6/c1-3-5-7-9-11-13-15-17-19-21-23-25-27-29-31-33-35-37-39-41-43-51-63(83)76-57-47-59-82(60-48-58-77-64(84)52-44-42-40-38-36-34-32-30-28-26-24-22-20-18-16-14-12-10-8-6-4-2)66(86)54-53-65(85)80-62(50-46-56-79-70(74)75)68(88)81-61(67(71)87)49-45-55-78-69(72)73/h53-54,61-62H,3-52,55-60H2,1-2H3,(H2,71,87)(H,76,83)(H,77,84)(H,80,85)(H,81,88)(H4,72,73,78)(H4,74,75,79)/b54-53-/t61-,62-/m0/s1. The number of primary amides is 1. The van der Waals surface area contributed by atoms with Gasteiger partial charge in [-0.05, 0) is 51.4 Å². The number of hydrogen-bond acceptors (Lipinski definition) is 8. The number of guanidine groups is 2. The van der Waals surface area contributed by atoms with E-state index in [0.717, 1.165) is 50.7 Å². The first-order valence-electron chi connectivity index (χ1n) is 36.3. The molecular weight excluding hydrogens is 1100 g/mol. The van der Waals surface area contributed by atoms with Gasteiger partial charge in [0.05, 0.1) is 0 Å². The van der Waals surface area contributed by atoms with Gasteiger partial charge in [0, 0.05) is 64.3 Å². The molecule has 0 heterocycles. The van der Waals surface area contributed by atoms with Crippen LogP contribution in [0.2, 0.25) is 0 Å². The van der Waals surface area contributed by atoms with Crippen molar-refractivity contribution in [1.29, 1.82) is 0 Å². The second-order valence-electron chi connectivity index (χ2n) is 25.1. The summed E-state index contributed by atoms with van der Waals surface area (Å²) in [6.07, 6.45) is 60.2. The van der Waals surface area contributed by atoms with Gasteiger partial charge in [-0.15, -0.1) is 0 Å². The monoisotopic (exact) mass is 1240 g/mol. The predicted octanol–water partition coefficient (Wildman–Crippen LogP) is 13.2. The van der Waals surface area contributed by atoms with Gasteiger partial charge in [-0.1, -0.05) is 271 Å². The van der Waals surface area contributed by atoms with Gasteiger partial charge in [-0.3, -0.25) is 38.8 Å². The summed E-state index contributed by atoms with van der Waals surface area (Å²) in [6, 6.07) is -2.17. The van der Waals surface area contributed by atoms with E-state index in [0.29, 0.717) is 64.7 Å². The minimum atomic E-state index is -1.12. The van der Waals surface area contributed by atoms with Crippen molar-refractivity contribution in [2.24, 2.45) is 38.7 Å². The van der Waals surface area contributed by atoms with Gasteiger partial charge in [0.1, 0.15) is 12.1 Å². The highest BCUT2D eigenvalue weighted by atomic mass is 16.2. The summed E-state index contributed by atoms with van der Waals surface area (Å²) < 4.78 is 0. The molecule has 0 aromatic heterocycles. The molecule has 512 valence electrons. The van der Waals surface area contributed by atoms with Crippen LogP contribution in [0.5, 0.6) is 0 Å². The Labute approximate surface area is 537 Å². The lowest BCUT2D eigenvalue weighted by Gasteiger charge is -2.22. The van der Waals surface area contributed by atoms with Crippen LogP contribution in [0.4, 0.5) is 0 Å². The molecule has 2 atom stereocenters. The zero-order valence-electron chi connectivity index (χ0n) is 56.6. The van der Waals surface area contributed by atoms with E-state index in [1.807, 2.05) is 0 Å². The minimum Gasteiger partial charge on any atom is -0.370 e. The van der Waals surface area contributed by atoms with Crippen molar-refractivity contribution in [3.63, 3.8) is 0 Å². The molecule has 0 unspecified atom stereocenters. The van der Waals surface area contributed by atoms with E-state index in [1.165, 1.54) is 231 Å². The third kappa shape index (κ3) is 58.8. The van der Waals surface area contributed by atoms with E-state index in [1.54, 1.807) is 4.90 Å². The molecular formula is C70H136N12O6. The van der Waals surface area contributed by atoms with E-state index < -0.39 is 35.7 Å². The number of carbonyl (C=O) groups is 6. The molecule has 0 aliphatic rings. The normalized spacial score (nSPS) is 11.9. The average molecular weight is 1240 g/mol. The average Bonchev–Trinajstić information content (AvgIpc) is 3.70. The molecule has 6 amide bonds. The molecule has 0 rings (SSSR count). The molecule has 0 bridgehead atoms. The lowest BCUT2D eigenvalue weighted by molar-refractivity contribution is -0.130. The first-order chi connectivity index (χ1) is 42.8. The summed E-state index contributed by atoms with van der Waals surface area (Å²) in [5.41, 5.74) is 27.4. The van der Waals surface area contributed by atoms with Crippen LogP contribution in [-0.2, 0) is 28.8 Å². The SMILES string of the molecule is CCCCCCCCCCCCCCCCCCCCCCCC(=O)NCCCN(CCCNC(=O)CCCCCCCCCCCCCCCCCCCCCCC)C(=O)/C=C\C(=O)N[C@@H](CCCN=C(N)N)C(=O)N[C@@H](CCCN=C(N)N)C(N)=O. The Balaban J connectivity index is 4.96. The molecule has 0 saturated carbocycles. The third-order valence-corrected chi connectivity index (χ3v) is 16.7. The summed E-state index contributed by atoms with van der Waals surface area (Å²) in [4.78, 5) is 87.8. The maximum Gasteiger partial charge on any atom is 0.246 e. The van der Waals surface area contributed by atoms with Crippen molar-refractivity contribution < 1.29 is 28.8 Å². The highest BCUT2D eigenvalue weighted by Gasteiger charge is 2.25. The molecule has 88 heavy (non-hydrogen) atoms. The number of rotatable bonds is 66. The zero-order valence-corrected chi connectivity index (χ0v) is 56.6. The van der Waals surface area contributed by atoms with Crippen molar-refractivity contribution in [2.45, 2.75) is 347 Å². The Bertz CT molecular complexity index is 1730. The number of aliphatic imine (C=N–C) groups is 2. The second kappa shape index (κ2) is 63.7. The quantitative estimate of drug-likeness (QED) is 0.0120. The van der Waals surface area contributed by atoms with Crippen LogP contribution < -0.4 is 49.9 Å². The van der Waals surface area contributed by atoms with E-state index in [2.05, 4.69) is 45.1 Å². The van der Waals surface area contributed by atoms with E-state index in [4.69, 9.17) is 28.7 Å². The molecule has 0 radical (unpaired) electrons. The summed E-state index contributed by atoms with van der Waals surface area (Å²) >= 11 is 0. The van der Waals surface area contributed by atoms with Crippen LogP contribution in [0.25, 0.3) is 0 Å². The van der Waals surface area contributed by atoms with Crippen molar-refractivity contribution in [1.82, 2.24) is 26.2 Å². The Morgan fingerprint density at radius 1 is 0.364 bits per heavy atom. The van der Waals surface area contributed by atoms with Gasteiger partial charge in [0.2, 0.25) is 35.4 Å². The molecule has 0 aliphatic carbocycles. The summed E-state index contributed by atoms with van der Waals surface area (Å²) in [7, 11) is 0.